The lowest BCUT2D eigenvalue weighted by molar-refractivity contribution is 0.411. The van der Waals surface area contributed by atoms with E-state index >= 15 is 0 Å². The molecule has 100 valence electrons. The summed E-state index contributed by atoms with van der Waals surface area (Å²) in [4.78, 5) is 1.09. The number of benzene rings is 2. The van der Waals surface area contributed by atoms with Gasteiger partial charge in [0.15, 0.2) is 0 Å². The molecule has 2 nitrogen and oxygen atoms in total. The van der Waals surface area contributed by atoms with Gasteiger partial charge in [0.25, 0.3) is 0 Å². The van der Waals surface area contributed by atoms with Crippen LogP contribution in [0.1, 0.15) is 11.1 Å². The standard InChI is InChI=1S/C15H16BrNOS/c1-10-3-5-14(18-2)11(7-10)9-19-15-6-4-12(16)8-13(15)17/h3-8H,9,17H2,1-2H3. The molecule has 0 fully saturated rings. The second kappa shape index (κ2) is 6.35. The van der Waals surface area contributed by atoms with Crippen molar-refractivity contribution >= 4 is 33.4 Å². The average Bonchev–Trinajstić information content (AvgIpc) is 2.38. The SMILES string of the molecule is COc1ccc(C)cc1CSc1ccc(Br)cc1N. The summed E-state index contributed by atoms with van der Waals surface area (Å²) in [5.74, 6) is 1.77. The highest BCUT2D eigenvalue weighted by molar-refractivity contribution is 9.10. The Hall–Kier alpha value is -1.13. The van der Waals surface area contributed by atoms with Crippen molar-refractivity contribution in [2.45, 2.75) is 17.6 Å². The highest BCUT2D eigenvalue weighted by atomic mass is 79.9. The van der Waals surface area contributed by atoms with Crippen molar-refractivity contribution in [3.05, 3.63) is 52.0 Å². The lowest BCUT2D eigenvalue weighted by Crippen LogP contribution is -1.93. The first-order valence-corrected chi connectivity index (χ1v) is 7.69. The maximum absolute atomic E-state index is 6.00. The molecule has 0 spiro atoms. The molecular formula is C15H16BrNOS. The molecule has 2 aromatic carbocycles. The van der Waals surface area contributed by atoms with Crippen LogP contribution in [0.4, 0.5) is 5.69 Å². The Morgan fingerprint density at radius 3 is 2.68 bits per heavy atom. The Balaban J connectivity index is 2.16. The predicted molar refractivity (Wildman–Crippen MR) is 85.8 cm³/mol. The van der Waals surface area contributed by atoms with Gasteiger partial charge in [0.2, 0.25) is 0 Å². The van der Waals surface area contributed by atoms with Crippen molar-refractivity contribution < 1.29 is 4.74 Å². The van der Waals surface area contributed by atoms with Crippen LogP contribution in [0.15, 0.2) is 45.8 Å². The van der Waals surface area contributed by atoms with Crippen LogP contribution in [0.3, 0.4) is 0 Å². The Morgan fingerprint density at radius 1 is 1.21 bits per heavy atom. The number of methoxy groups -OCH3 is 1. The summed E-state index contributed by atoms with van der Waals surface area (Å²) in [7, 11) is 1.70. The zero-order chi connectivity index (χ0) is 13.8. The van der Waals surface area contributed by atoms with E-state index in [1.165, 1.54) is 11.1 Å². The van der Waals surface area contributed by atoms with Gasteiger partial charge in [0.05, 0.1) is 7.11 Å². The Morgan fingerprint density at radius 2 is 2.00 bits per heavy atom. The highest BCUT2D eigenvalue weighted by Gasteiger charge is 2.06. The molecule has 2 aromatic rings. The lowest BCUT2D eigenvalue weighted by Gasteiger charge is -2.10. The summed E-state index contributed by atoms with van der Waals surface area (Å²) < 4.78 is 6.39. The van der Waals surface area contributed by atoms with E-state index in [1.54, 1.807) is 18.9 Å². The van der Waals surface area contributed by atoms with Crippen molar-refractivity contribution in [3.63, 3.8) is 0 Å². The minimum absolute atomic E-state index is 0.797. The molecule has 0 aliphatic rings. The van der Waals surface area contributed by atoms with Gasteiger partial charge < -0.3 is 10.5 Å². The number of nitrogens with two attached hydrogens (primary N) is 1. The van der Waals surface area contributed by atoms with Crippen molar-refractivity contribution in [1.82, 2.24) is 0 Å². The van der Waals surface area contributed by atoms with Crippen LogP contribution in [0, 0.1) is 6.92 Å². The third-order valence-corrected chi connectivity index (χ3v) is 4.42. The minimum atomic E-state index is 0.797. The van der Waals surface area contributed by atoms with Crippen LogP contribution in [0.5, 0.6) is 5.75 Å². The molecule has 2 N–H and O–H groups in total. The smallest absolute Gasteiger partial charge is 0.122 e. The quantitative estimate of drug-likeness (QED) is 0.651. The summed E-state index contributed by atoms with van der Waals surface area (Å²) in [6.07, 6.45) is 0. The van der Waals surface area contributed by atoms with Gasteiger partial charge in [-0.2, -0.15) is 0 Å². The maximum Gasteiger partial charge on any atom is 0.122 e. The second-order valence-electron chi connectivity index (χ2n) is 4.29. The summed E-state index contributed by atoms with van der Waals surface area (Å²) in [5, 5.41) is 0. The van der Waals surface area contributed by atoms with E-state index in [4.69, 9.17) is 10.5 Å². The molecule has 4 heteroatoms. The van der Waals surface area contributed by atoms with E-state index in [1.807, 2.05) is 24.3 Å². The van der Waals surface area contributed by atoms with E-state index in [0.29, 0.717) is 0 Å². The van der Waals surface area contributed by atoms with E-state index in [-0.39, 0.29) is 0 Å². The van der Waals surface area contributed by atoms with Crippen LogP contribution < -0.4 is 10.5 Å². The molecule has 0 amide bonds. The number of anilines is 1. The Labute approximate surface area is 126 Å². The number of nitrogen functional groups attached to an aromatic ring is 1. The molecule has 0 atom stereocenters. The van der Waals surface area contributed by atoms with Crippen LogP contribution in [0.2, 0.25) is 0 Å². The largest absolute Gasteiger partial charge is 0.496 e. The summed E-state index contributed by atoms with van der Waals surface area (Å²) in [5.41, 5.74) is 9.23. The van der Waals surface area contributed by atoms with E-state index in [0.717, 1.165) is 26.6 Å². The minimum Gasteiger partial charge on any atom is -0.496 e. The molecule has 0 radical (unpaired) electrons. The molecule has 0 unspecified atom stereocenters. The molecule has 19 heavy (non-hydrogen) atoms. The number of rotatable bonds is 4. The van der Waals surface area contributed by atoms with Gasteiger partial charge in [-0.15, -0.1) is 11.8 Å². The Bertz CT molecular complexity index is 586. The topological polar surface area (TPSA) is 35.2 Å². The van der Waals surface area contributed by atoms with Gasteiger partial charge in [-0.25, -0.2) is 0 Å². The van der Waals surface area contributed by atoms with Gasteiger partial charge in [-0.05, 0) is 31.2 Å². The fraction of sp³-hybridized carbons (Fsp3) is 0.200. The zero-order valence-corrected chi connectivity index (χ0v) is 13.3. The zero-order valence-electron chi connectivity index (χ0n) is 10.9. The summed E-state index contributed by atoms with van der Waals surface area (Å²) >= 11 is 5.14. The first-order chi connectivity index (χ1) is 9.10. The molecule has 0 aliphatic heterocycles. The fourth-order valence-electron chi connectivity index (χ4n) is 1.83. The lowest BCUT2D eigenvalue weighted by atomic mass is 10.1. The molecule has 0 heterocycles. The molecule has 0 saturated heterocycles. The normalized spacial score (nSPS) is 10.5. The Kier molecular flexibility index (Phi) is 4.77. The molecule has 0 aliphatic carbocycles. The number of ether oxygens (including phenoxy) is 1. The molecule has 0 aromatic heterocycles. The summed E-state index contributed by atoms with van der Waals surface area (Å²) in [6.45, 7) is 2.08. The maximum atomic E-state index is 6.00. The van der Waals surface area contributed by atoms with E-state index in [9.17, 15) is 0 Å². The van der Waals surface area contributed by atoms with Crippen LogP contribution in [-0.4, -0.2) is 7.11 Å². The van der Waals surface area contributed by atoms with Crippen molar-refractivity contribution in [3.8, 4) is 5.75 Å². The molecular weight excluding hydrogens is 322 g/mol. The van der Waals surface area contributed by atoms with Gasteiger partial charge >= 0.3 is 0 Å². The van der Waals surface area contributed by atoms with Gasteiger partial charge in [-0.1, -0.05) is 33.6 Å². The van der Waals surface area contributed by atoms with E-state index < -0.39 is 0 Å². The molecule has 0 bridgehead atoms. The van der Waals surface area contributed by atoms with Gasteiger partial charge in [0, 0.05) is 26.4 Å². The first kappa shape index (κ1) is 14.3. The number of halogens is 1. The molecule has 2 rings (SSSR count). The second-order valence-corrected chi connectivity index (χ2v) is 6.22. The molecule has 0 saturated carbocycles. The van der Waals surface area contributed by atoms with Crippen molar-refractivity contribution in [2.24, 2.45) is 0 Å². The number of hydrogen-bond acceptors (Lipinski definition) is 3. The highest BCUT2D eigenvalue weighted by Crippen LogP contribution is 2.33. The van der Waals surface area contributed by atoms with Crippen LogP contribution in [0.25, 0.3) is 0 Å². The fourth-order valence-corrected chi connectivity index (χ4v) is 3.13. The third kappa shape index (κ3) is 3.67. The third-order valence-electron chi connectivity index (χ3n) is 2.79. The average molecular weight is 338 g/mol. The number of hydrogen-bond donors (Lipinski definition) is 1. The number of thioether (sulfide) groups is 1. The van der Waals surface area contributed by atoms with Gasteiger partial charge in [0.1, 0.15) is 5.75 Å². The summed E-state index contributed by atoms with van der Waals surface area (Å²) in [6, 6.07) is 12.2. The van der Waals surface area contributed by atoms with Crippen LogP contribution in [-0.2, 0) is 5.75 Å². The van der Waals surface area contributed by atoms with Gasteiger partial charge in [-0.3, -0.25) is 0 Å². The predicted octanol–water partition coefficient (Wildman–Crippen LogP) is 4.64. The first-order valence-electron chi connectivity index (χ1n) is 5.91. The van der Waals surface area contributed by atoms with Crippen molar-refractivity contribution in [2.75, 3.05) is 12.8 Å². The number of aryl methyl sites for hydroxylation is 1. The van der Waals surface area contributed by atoms with Crippen LogP contribution >= 0.6 is 27.7 Å². The van der Waals surface area contributed by atoms with E-state index in [2.05, 4.69) is 35.0 Å². The van der Waals surface area contributed by atoms with Crippen molar-refractivity contribution in [1.29, 1.82) is 0 Å². The monoisotopic (exact) mass is 337 g/mol.